The van der Waals surface area contributed by atoms with Crippen molar-refractivity contribution in [1.29, 1.82) is 0 Å². The van der Waals surface area contributed by atoms with Gasteiger partial charge in [-0.05, 0) is 26.3 Å². The van der Waals surface area contributed by atoms with E-state index in [1.54, 1.807) is 7.11 Å². The maximum absolute atomic E-state index is 12.2. The molecule has 1 unspecified atom stereocenters. The van der Waals surface area contributed by atoms with Crippen LogP contribution >= 0.6 is 24.8 Å². The fraction of sp³-hybridized carbons (Fsp3) is 0.933. The number of unbranched alkanes of at least 4 members (excludes halogenated alkanes) is 3. The number of methoxy groups -OCH3 is 1. The van der Waals surface area contributed by atoms with Crippen LogP contribution in [0.3, 0.4) is 0 Å². The van der Waals surface area contributed by atoms with Gasteiger partial charge in [-0.3, -0.25) is 9.69 Å². The van der Waals surface area contributed by atoms with E-state index < -0.39 is 0 Å². The maximum atomic E-state index is 12.2. The molecule has 1 heterocycles. The maximum Gasteiger partial charge on any atom is 0.222 e. The summed E-state index contributed by atoms with van der Waals surface area (Å²) >= 11 is 0. The van der Waals surface area contributed by atoms with Gasteiger partial charge in [-0.25, -0.2) is 0 Å². The molecule has 1 fully saturated rings. The second kappa shape index (κ2) is 14.5. The first kappa shape index (κ1) is 24.2. The number of hydrogen-bond acceptors (Lipinski definition) is 4. The lowest BCUT2D eigenvalue weighted by molar-refractivity contribution is -0.134. The number of nitrogens with zero attached hydrogens (tertiary/aromatic N) is 2. The quantitative estimate of drug-likeness (QED) is 0.640. The van der Waals surface area contributed by atoms with Gasteiger partial charge in [-0.2, -0.15) is 0 Å². The Morgan fingerprint density at radius 1 is 1.18 bits per heavy atom. The molecule has 1 atom stereocenters. The highest BCUT2D eigenvalue weighted by atomic mass is 35.5. The van der Waals surface area contributed by atoms with Crippen molar-refractivity contribution >= 4 is 30.7 Å². The number of carbonyl (C=O) groups excluding carboxylic acids is 1. The number of halogens is 2. The molecular formula is C15H33Cl2N3O2. The third-order valence-corrected chi connectivity index (χ3v) is 4.05. The number of amides is 1. The molecule has 0 aromatic heterocycles. The zero-order chi connectivity index (χ0) is 14.8. The first-order valence-electron chi connectivity index (χ1n) is 7.90. The molecule has 0 radical (unpaired) electrons. The predicted octanol–water partition coefficient (Wildman–Crippen LogP) is 1.92. The Bertz CT molecular complexity index is 284. The van der Waals surface area contributed by atoms with Gasteiger partial charge >= 0.3 is 0 Å². The molecule has 1 amide bonds. The summed E-state index contributed by atoms with van der Waals surface area (Å²) < 4.78 is 5.12. The monoisotopic (exact) mass is 357 g/mol. The van der Waals surface area contributed by atoms with Gasteiger partial charge in [0.1, 0.15) is 0 Å². The SMILES string of the molecule is COCCN1CCN(C(=O)CCCCCCN)CC1C.Cl.Cl. The second-order valence-electron chi connectivity index (χ2n) is 5.67. The van der Waals surface area contributed by atoms with Crippen LogP contribution in [0.15, 0.2) is 0 Å². The number of carbonyl (C=O) groups is 1. The molecule has 0 bridgehead atoms. The van der Waals surface area contributed by atoms with Crippen LogP contribution in [0.2, 0.25) is 0 Å². The molecule has 134 valence electrons. The van der Waals surface area contributed by atoms with Gasteiger partial charge in [-0.1, -0.05) is 12.8 Å². The predicted molar refractivity (Wildman–Crippen MR) is 96.1 cm³/mol. The molecule has 0 aromatic carbocycles. The van der Waals surface area contributed by atoms with E-state index in [0.29, 0.717) is 18.4 Å². The Morgan fingerprint density at radius 2 is 1.86 bits per heavy atom. The first-order valence-corrected chi connectivity index (χ1v) is 7.90. The average Bonchev–Trinajstić information content (AvgIpc) is 2.45. The van der Waals surface area contributed by atoms with Gasteiger partial charge in [0.05, 0.1) is 6.61 Å². The van der Waals surface area contributed by atoms with Gasteiger partial charge < -0.3 is 15.4 Å². The third-order valence-electron chi connectivity index (χ3n) is 4.05. The van der Waals surface area contributed by atoms with Crippen molar-refractivity contribution in [3.63, 3.8) is 0 Å². The lowest BCUT2D eigenvalue weighted by Crippen LogP contribution is -2.54. The number of ether oxygens (including phenoxy) is 1. The zero-order valence-corrected chi connectivity index (χ0v) is 15.6. The summed E-state index contributed by atoms with van der Waals surface area (Å²) in [5, 5.41) is 0. The summed E-state index contributed by atoms with van der Waals surface area (Å²) in [5.74, 6) is 0.316. The normalized spacial score (nSPS) is 18.5. The number of rotatable bonds is 9. The Labute approximate surface area is 147 Å². The van der Waals surface area contributed by atoms with Crippen molar-refractivity contribution in [3.05, 3.63) is 0 Å². The molecule has 0 aromatic rings. The molecule has 1 saturated heterocycles. The van der Waals surface area contributed by atoms with Crippen LogP contribution in [0.5, 0.6) is 0 Å². The molecule has 0 aliphatic carbocycles. The highest BCUT2D eigenvalue weighted by molar-refractivity contribution is 5.85. The minimum atomic E-state index is 0. The Balaban J connectivity index is 0. The van der Waals surface area contributed by atoms with Gasteiger partial charge in [0.25, 0.3) is 0 Å². The molecule has 0 spiro atoms. The van der Waals surface area contributed by atoms with Crippen LogP contribution in [-0.2, 0) is 9.53 Å². The van der Waals surface area contributed by atoms with E-state index in [2.05, 4.69) is 11.8 Å². The van der Waals surface area contributed by atoms with Crippen molar-refractivity contribution < 1.29 is 9.53 Å². The van der Waals surface area contributed by atoms with E-state index in [4.69, 9.17) is 10.5 Å². The van der Waals surface area contributed by atoms with Gasteiger partial charge in [0.2, 0.25) is 5.91 Å². The van der Waals surface area contributed by atoms with E-state index >= 15 is 0 Å². The highest BCUT2D eigenvalue weighted by Crippen LogP contribution is 2.12. The van der Waals surface area contributed by atoms with E-state index in [1.165, 1.54) is 0 Å². The van der Waals surface area contributed by atoms with Crippen molar-refractivity contribution in [2.75, 3.05) is 46.4 Å². The number of hydrogen-bond donors (Lipinski definition) is 1. The topological polar surface area (TPSA) is 58.8 Å². The largest absolute Gasteiger partial charge is 0.383 e. The van der Waals surface area contributed by atoms with E-state index in [0.717, 1.165) is 65.0 Å². The van der Waals surface area contributed by atoms with Crippen LogP contribution in [0.25, 0.3) is 0 Å². The van der Waals surface area contributed by atoms with Gasteiger partial charge in [0, 0.05) is 45.8 Å². The lowest BCUT2D eigenvalue weighted by atomic mass is 10.1. The fourth-order valence-corrected chi connectivity index (χ4v) is 2.69. The second-order valence-corrected chi connectivity index (χ2v) is 5.67. The van der Waals surface area contributed by atoms with Crippen molar-refractivity contribution in [2.45, 2.75) is 45.1 Å². The molecule has 22 heavy (non-hydrogen) atoms. The molecule has 1 rings (SSSR count). The summed E-state index contributed by atoms with van der Waals surface area (Å²) in [6, 6.07) is 0.431. The summed E-state index contributed by atoms with van der Waals surface area (Å²) in [4.78, 5) is 16.6. The molecule has 5 nitrogen and oxygen atoms in total. The molecular weight excluding hydrogens is 325 g/mol. The minimum absolute atomic E-state index is 0. The highest BCUT2D eigenvalue weighted by Gasteiger charge is 2.25. The zero-order valence-electron chi connectivity index (χ0n) is 14.0. The molecule has 7 heteroatoms. The Hall–Kier alpha value is -0.0700. The summed E-state index contributed by atoms with van der Waals surface area (Å²) in [7, 11) is 1.73. The molecule has 1 aliphatic heterocycles. The van der Waals surface area contributed by atoms with E-state index in [9.17, 15) is 4.79 Å². The van der Waals surface area contributed by atoms with Crippen LogP contribution in [0.4, 0.5) is 0 Å². The van der Waals surface area contributed by atoms with Crippen molar-refractivity contribution in [1.82, 2.24) is 9.80 Å². The summed E-state index contributed by atoms with van der Waals surface area (Å²) in [6.45, 7) is 7.34. The summed E-state index contributed by atoms with van der Waals surface area (Å²) in [6.07, 6.45) is 5.02. The minimum Gasteiger partial charge on any atom is -0.383 e. The van der Waals surface area contributed by atoms with Crippen molar-refractivity contribution in [3.8, 4) is 0 Å². The Morgan fingerprint density at radius 3 is 2.45 bits per heavy atom. The van der Waals surface area contributed by atoms with Gasteiger partial charge in [0.15, 0.2) is 0 Å². The van der Waals surface area contributed by atoms with Crippen LogP contribution in [0.1, 0.15) is 39.0 Å². The fourth-order valence-electron chi connectivity index (χ4n) is 2.69. The first-order chi connectivity index (χ1) is 9.69. The smallest absolute Gasteiger partial charge is 0.222 e. The van der Waals surface area contributed by atoms with Crippen LogP contribution < -0.4 is 5.73 Å². The average molecular weight is 358 g/mol. The van der Waals surface area contributed by atoms with Crippen LogP contribution in [-0.4, -0.2) is 68.2 Å². The molecule has 0 saturated carbocycles. The standard InChI is InChI=1S/C15H31N3O2.2ClH/c1-14-13-18(10-9-17(14)11-12-20-2)15(19)7-5-3-4-6-8-16;;/h14H,3-13,16H2,1-2H3;2*1H. The number of nitrogens with two attached hydrogens (primary N) is 1. The lowest BCUT2D eigenvalue weighted by Gasteiger charge is -2.39. The van der Waals surface area contributed by atoms with E-state index in [1.807, 2.05) is 4.90 Å². The number of piperazine rings is 1. The van der Waals surface area contributed by atoms with Crippen LogP contribution in [0, 0.1) is 0 Å². The Kier molecular flexibility index (Phi) is 16.0. The molecule has 2 N–H and O–H groups in total. The van der Waals surface area contributed by atoms with Crippen molar-refractivity contribution in [2.24, 2.45) is 5.73 Å². The molecule has 1 aliphatic rings. The summed E-state index contributed by atoms with van der Waals surface area (Å²) in [5.41, 5.74) is 5.46. The van der Waals surface area contributed by atoms with E-state index in [-0.39, 0.29) is 24.8 Å². The van der Waals surface area contributed by atoms with Gasteiger partial charge in [-0.15, -0.1) is 24.8 Å². The third kappa shape index (κ3) is 9.16.